The van der Waals surface area contributed by atoms with Gasteiger partial charge in [0, 0.05) is 13.1 Å². The first-order valence-corrected chi connectivity index (χ1v) is 7.08. The van der Waals surface area contributed by atoms with Gasteiger partial charge < -0.3 is 14.8 Å². The molecule has 0 aliphatic heterocycles. The second kappa shape index (κ2) is 8.20. The third-order valence-corrected chi connectivity index (χ3v) is 3.15. The summed E-state index contributed by atoms with van der Waals surface area (Å²) in [6, 6.07) is 12.1. The zero-order valence-electron chi connectivity index (χ0n) is 12.6. The monoisotopic (exact) mass is 301 g/mol. The number of hydrogen-bond donors (Lipinski definition) is 1. The lowest BCUT2D eigenvalue weighted by molar-refractivity contribution is 0.284. The molecule has 0 aliphatic carbocycles. The lowest BCUT2D eigenvalue weighted by Gasteiger charge is -2.12. The molecule has 0 aromatic heterocycles. The third-order valence-electron chi connectivity index (χ3n) is 3.15. The summed E-state index contributed by atoms with van der Waals surface area (Å²) in [7, 11) is 1.61. The van der Waals surface area contributed by atoms with Crippen LogP contribution in [-0.4, -0.2) is 13.7 Å². The Morgan fingerprint density at radius 2 is 1.82 bits per heavy atom. The van der Waals surface area contributed by atoms with E-state index in [9.17, 15) is 4.39 Å². The van der Waals surface area contributed by atoms with Gasteiger partial charge >= 0.3 is 0 Å². The molecule has 3 nitrogen and oxygen atoms in total. The Hall–Kier alpha value is -2.33. The van der Waals surface area contributed by atoms with Crippen molar-refractivity contribution < 1.29 is 13.9 Å². The number of methoxy groups -OCH3 is 1. The van der Waals surface area contributed by atoms with Gasteiger partial charge in [0.2, 0.25) is 0 Å². The summed E-state index contributed by atoms with van der Waals surface area (Å²) in [5.41, 5.74) is 2.01. The van der Waals surface area contributed by atoms with Crippen molar-refractivity contribution in [2.45, 2.75) is 13.2 Å². The lowest BCUT2D eigenvalue weighted by atomic mass is 10.2. The summed E-state index contributed by atoms with van der Waals surface area (Å²) >= 11 is 0. The van der Waals surface area contributed by atoms with Crippen molar-refractivity contribution in [3.63, 3.8) is 0 Å². The molecule has 2 aromatic carbocycles. The Balaban J connectivity index is 2.00. The first-order valence-electron chi connectivity index (χ1n) is 7.08. The molecule has 0 saturated carbocycles. The topological polar surface area (TPSA) is 30.5 Å². The molecule has 0 bridgehead atoms. The highest BCUT2D eigenvalue weighted by molar-refractivity contribution is 5.43. The molecular formula is C18H20FNO2. The first-order chi connectivity index (χ1) is 10.7. The molecule has 1 N–H and O–H groups in total. The molecule has 2 aromatic rings. The van der Waals surface area contributed by atoms with Crippen molar-refractivity contribution >= 4 is 0 Å². The second-order valence-corrected chi connectivity index (χ2v) is 4.82. The van der Waals surface area contributed by atoms with Crippen LogP contribution in [0.3, 0.4) is 0 Å². The van der Waals surface area contributed by atoms with Crippen LogP contribution in [0, 0.1) is 5.82 Å². The van der Waals surface area contributed by atoms with Crippen molar-refractivity contribution in [1.82, 2.24) is 5.32 Å². The molecule has 0 spiro atoms. The van der Waals surface area contributed by atoms with Crippen molar-refractivity contribution in [3.8, 4) is 11.5 Å². The van der Waals surface area contributed by atoms with E-state index in [0.29, 0.717) is 18.1 Å². The third kappa shape index (κ3) is 4.60. The Morgan fingerprint density at radius 3 is 2.50 bits per heavy atom. The van der Waals surface area contributed by atoms with Crippen LogP contribution in [-0.2, 0) is 13.2 Å². The number of rotatable bonds is 8. The smallest absolute Gasteiger partial charge is 0.161 e. The minimum absolute atomic E-state index is 0.252. The van der Waals surface area contributed by atoms with E-state index in [0.717, 1.165) is 24.2 Å². The van der Waals surface area contributed by atoms with E-state index in [-0.39, 0.29) is 5.82 Å². The molecule has 0 amide bonds. The van der Waals surface area contributed by atoms with E-state index in [1.54, 1.807) is 19.2 Å². The summed E-state index contributed by atoms with van der Waals surface area (Å²) in [6.45, 7) is 5.53. The molecule has 0 aliphatic rings. The normalized spacial score (nSPS) is 10.3. The first kappa shape index (κ1) is 16.0. The van der Waals surface area contributed by atoms with Gasteiger partial charge in [0.25, 0.3) is 0 Å². The quantitative estimate of drug-likeness (QED) is 0.596. The summed E-state index contributed by atoms with van der Waals surface area (Å²) < 4.78 is 24.0. The zero-order chi connectivity index (χ0) is 15.8. The highest BCUT2D eigenvalue weighted by atomic mass is 19.1. The summed E-state index contributed by atoms with van der Waals surface area (Å²) in [5, 5.41) is 3.24. The largest absolute Gasteiger partial charge is 0.493 e. The second-order valence-electron chi connectivity index (χ2n) is 4.82. The Labute approximate surface area is 130 Å². The molecule has 116 valence electrons. The van der Waals surface area contributed by atoms with Gasteiger partial charge in [0.15, 0.2) is 11.5 Å². The molecule has 0 saturated heterocycles. The van der Waals surface area contributed by atoms with Gasteiger partial charge in [0.05, 0.1) is 7.11 Å². The van der Waals surface area contributed by atoms with Crippen molar-refractivity contribution in [3.05, 3.63) is 72.1 Å². The van der Waals surface area contributed by atoms with Crippen LogP contribution in [0.4, 0.5) is 4.39 Å². The highest BCUT2D eigenvalue weighted by Gasteiger charge is 2.06. The van der Waals surface area contributed by atoms with Gasteiger partial charge in [0.1, 0.15) is 12.4 Å². The van der Waals surface area contributed by atoms with E-state index in [1.165, 1.54) is 12.1 Å². The van der Waals surface area contributed by atoms with E-state index < -0.39 is 0 Å². The number of ether oxygens (including phenoxy) is 2. The predicted octanol–water partition coefficient (Wildman–Crippen LogP) is 3.69. The van der Waals surface area contributed by atoms with Crippen LogP contribution in [0.15, 0.2) is 55.1 Å². The van der Waals surface area contributed by atoms with Gasteiger partial charge in [-0.15, -0.1) is 6.58 Å². The van der Waals surface area contributed by atoms with Crippen LogP contribution >= 0.6 is 0 Å². The van der Waals surface area contributed by atoms with Crippen molar-refractivity contribution in [2.75, 3.05) is 13.7 Å². The maximum absolute atomic E-state index is 12.9. The molecule has 0 radical (unpaired) electrons. The molecule has 22 heavy (non-hydrogen) atoms. The van der Waals surface area contributed by atoms with E-state index >= 15 is 0 Å². The maximum atomic E-state index is 12.9. The van der Waals surface area contributed by atoms with Gasteiger partial charge in [-0.05, 0) is 35.4 Å². The molecule has 2 rings (SSSR count). The van der Waals surface area contributed by atoms with E-state index in [4.69, 9.17) is 9.47 Å². The number of nitrogens with one attached hydrogen (secondary N) is 1. The molecule has 0 heterocycles. The molecule has 0 atom stereocenters. The van der Waals surface area contributed by atoms with Crippen molar-refractivity contribution in [1.29, 1.82) is 0 Å². The van der Waals surface area contributed by atoms with Crippen LogP contribution in [0.1, 0.15) is 11.1 Å². The fourth-order valence-electron chi connectivity index (χ4n) is 2.00. The minimum Gasteiger partial charge on any atom is -0.493 e. The molecule has 4 heteroatoms. The molecule has 0 unspecified atom stereocenters. The maximum Gasteiger partial charge on any atom is 0.161 e. The Kier molecular flexibility index (Phi) is 5.98. The van der Waals surface area contributed by atoms with E-state index in [2.05, 4.69) is 11.9 Å². The van der Waals surface area contributed by atoms with Gasteiger partial charge in [-0.3, -0.25) is 0 Å². The van der Waals surface area contributed by atoms with Crippen LogP contribution in [0.5, 0.6) is 11.5 Å². The summed E-state index contributed by atoms with van der Waals surface area (Å²) in [5.74, 6) is 1.09. The minimum atomic E-state index is -0.252. The zero-order valence-corrected chi connectivity index (χ0v) is 12.6. The predicted molar refractivity (Wildman–Crippen MR) is 85.6 cm³/mol. The highest BCUT2D eigenvalue weighted by Crippen LogP contribution is 2.28. The summed E-state index contributed by atoms with van der Waals surface area (Å²) in [6.07, 6.45) is 1.82. The van der Waals surface area contributed by atoms with E-state index in [1.807, 2.05) is 24.3 Å². The fraction of sp³-hybridized carbons (Fsp3) is 0.222. The average molecular weight is 301 g/mol. The number of benzene rings is 2. The number of hydrogen-bond acceptors (Lipinski definition) is 3. The Bertz CT molecular complexity index is 611. The molecular weight excluding hydrogens is 281 g/mol. The van der Waals surface area contributed by atoms with Crippen LogP contribution in [0.25, 0.3) is 0 Å². The average Bonchev–Trinajstić information content (AvgIpc) is 2.55. The van der Waals surface area contributed by atoms with Crippen LogP contribution < -0.4 is 14.8 Å². The fourth-order valence-corrected chi connectivity index (χ4v) is 2.00. The summed E-state index contributed by atoms with van der Waals surface area (Å²) in [4.78, 5) is 0. The molecule has 0 fully saturated rings. The van der Waals surface area contributed by atoms with Crippen molar-refractivity contribution in [2.24, 2.45) is 0 Å². The van der Waals surface area contributed by atoms with Gasteiger partial charge in [-0.2, -0.15) is 0 Å². The van der Waals surface area contributed by atoms with Gasteiger partial charge in [-0.1, -0.05) is 24.3 Å². The van der Waals surface area contributed by atoms with Gasteiger partial charge in [-0.25, -0.2) is 4.39 Å². The van der Waals surface area contributed by atoms with Crippen LogP contribution in [0.2, 0.25) is 0 Å². The SMILES string of the molecule is C=CCNCc1ccc(OCc2ccc(F)cc2)c(OC)c1. The standard InChI is InChI=1S/C18H20FNO2/c1-3-10-20-12-15-6-9-17(18(11-15)21-2)22-13-14-4-7-16(19)8-5-14/h3-9,11,20H,1,10,12-13H2,2H3. The Morgan fingerprint density at radius 1 is 1.09 bits per heavy atom. The number of halogens is 1. The lowest BCUT2D eigenvalue weighted by Crippen LogP contribution is -2.12.